The van der Waals surface area contributed by atoms with Crippen molar-refractivity contribution < 1.29 is 73.3 Å². The molecular formula is C32H52N7O16P. The molecule has 2 saturated heterocycles. The van der Waals surface area contributed by atoms with Crippen LogP contribution in [0, 0.1) is 0 Å². The minimum atomic E-state index is -5.60. The number of nitrogens with zero attached hydrogens (tertiary/aromatic N) is 5. The highest BCUT2D eigenvalue weighted by Crippen LogP contribution is 2.51. The van der Waals surface area contributed by atoms with Crippen LogP contribution < -0.4 is 16.7 Å². The van der Waals surface area contributed by atoms with Crippen LogP contribution in [0.1, 0.15) is 76.6 Å². The molecule has 316 valence electrons. The second kappa shape index (κ2) is 20.3. The van der Waals surface area contributed by atoms with Crippen LogP contribution in [0.2, 0.25) is 0 Å². The quantitative estimate of drug-likeness (QED) is 0.0440. The number of rotatable bonds is 22. The molecule has 11 N–H and O–H groups in total. The van der Waals surface area contributed by atoms with E-state index in [1.54, 1.807) is 6.20 Å². The van der Waals surface area contributed by atoms with Gasteiger partial charge in [-0.2, -0.15) is 4.98 Å². The first-order chi connectivity index (χ1) is 26.5. The number of carbonyl (C=O) groups excluding carboxylic acids is 1. The van der Waals surface area contributed by atoms with E-state index < -0.39 is 112 Å². The maximum Gasteiger partial charge on any atom is 0.475 e. The molecule has 0 saturated carbocycles. The van der Waals surface area contributed by atoms with Gasteiger partial charge in [-0.3, -0.25) is 13.9 Å². The van der Waals surface area contributed by atoms with Gasteiger partial charge in [0, 0.05) is 18.8 Å². The lowest BCUT2D eigenvalue weighted by atomic mass is 9.88. The standard InChI is InChI=1S/C32H52N7O16P/c1-2-3-4-5-6-7-8-9-10-18-14-38(37-36-18)15-23(43)35-24-19(41)13-32(30(47)48,54-28(24)25(44)20(42)16-40)55-56(50,51)52-17-21-26(45)27(46)29(53-21)39-12-11-22(33)34-31(39)49/h11-12,14,19-21,24-29,40-42,44-46H,2-10,13,15-17H2,1H3,(H,35,43)(H,47,48)(H,50,51)(H2,33,34,49)/t19-,20+,21+,24+,25+,26+,27+,28+,29+,32+/m0/s1. The van der Waals surface area contributed by atoms with E-state index in [-0.39, 0.29) is 5.82 Å². The number of carbonyl (C=O) groups is 2. The van der Waals surface area contributed by atoms with Gasteiger partial charge < -0.3 is 61.2 Å². The van der Waals surface area contributed by atoms with E-state index in [9.17, 15) is 59.6 Å². The van der Waals surface area contributed by atoms with Gasteiger partial charge in [0.2, 0.25) is 5.91 Å². The number of aromatic nitrogens is 5. The molecule has 0 aliphatic carbocycles. The predicted molar refractivity (Wildman–Crippen MR) is 189 cm³/mol. The Hall–Kier alpha value is -3.45. The molecule has 2 fully saturated rings. The minimum absolute atomic E-state index is 0.140. The first-order valence-corrected chi connectivity index (χ1v) is 19.8. The van der Waals surface area contributed by atoms with Gasteiger partial charge >= 0.3 is 19.5 Å². The molecule has 0 radical (unpaired) electrons. The third-order valence-corrected chi connectivity index (χ3v) is 10.5. The Morgan fingerprint density at radius 1 is 1.12 bits per heavy atom. The molecule has 1 unspecified atom stereocenters. The molecule has 0 aromatic carbocycles. The summed E-state index contributed by atoms with van der Waals surface area (Å²) in [5.41, 5.74) is 5.15. The van der Waals surface area contributed by atoms with E-state index >= 15 is 0 Å². The smallest absolute Gasteiger partial charge is 0.475 e. The Bertz CT molecular complexity index is 1700. The fourth-order valence-corrected chi connectivity index (χ4v) is 7.39. The number of phosphoric ester groups is 1. The number of carboxylic acids is 1. The number of amides is 1. The fraction of sp³-hybridized carbons (Fsp3) is 0.750. The van der Waals surface area contributed by atoms with Crippen LogP contribution in [-0.2, 0) is 45.6 Å². The predicted octanol–water partition coefficient (Wildman–Crippen LogP) is -2.32. The van der Waals surface area contributed by atoms with Crippen molar-refractivity contribution in [1.82, 2.24) is 29.9 Å². The van der Waals surface area contributed by atoms with E-state index in [1.807, 2.05) is 0 Å². The third-order valence-electron chi connectivity index (χ3n) is 9.45. The number of aryl methyl sites for hydroxylation is 1. The molecule has 2 aromatic rings. The first-order valence-electron chi connectivity index (χ1n) is 18.3. The zero-order valence-corrected chi connectivity index (χ0v) is 31.6. The van der Waals surface area contributed by atoms with Crippen LogP contribution in [0.5, 0.6) is 0 Å². The number of unbranched alkanes of at least 4 members (excludes halogenated alkanes) is 7. The SMILES string of the molecule is CCCCCCCCCCc1cn(CC(=O)N[C@H]2[C@H]([C@H](O)[C@H](O)CO)O[C@](OP(=O)(O)OC[C@H]3O[C@@H](n4ccc(N)nc4=O)[C@H](O)[C@@H]3O)(C(=O)O)C[C@@H]2O)nn1. The second-order valence-corrected chi connectivity index (χ2v) is 15.2. The van der Waals surface area contributed by atoms with Gasteiger partial charge in [-0.25, -0.2) is 23.4 Å². The van der Waals surface area contributed by atoms with Crippen molar-refractivity contribution in [1.29, 1.82) is 0 Å². The van der Waals surface area contributed by atoms with Crippen molar-refractivity contribution in [2.45, 2.75) is 138 Å². The summed E-state index contributed by atoms with van der Waals surface area (Å²) in [6.45, 7) is -0.393. The number of nitrogen functional groups attached to an aromatic ring is 1. The molecule has 4 rings (SSSR count). The van der Waals surface area contributed by atoms with Crippen molar-refractivity contribution in [2.75, 3.05) is 18.9 Å². The maximum atomic E-state index is 13.1. The molecule has 4 heterocycles. The van der Waals surface area contributed by atoms with Crippen LogP contribution in [0.3, 0.4) is 0 Å². The van der Waals surface area contributed by atoms with Crippen LogP contribution >= 0.6 is 7.82 Å². The number of carboxylic acid groups (broad SMARTS) is 1. The highest BCUT2D eigenvalue weighted by Gasteiger charge is 2.59. The first kappa shape index (κ1) is 45.3. The van der Waals surface area contributed by atoms with E-state index in [1.165, 1.54) is 36.4 Å². The normalized spacial score (nSPS) is 28.8. The monoisotopic (exact) mass is 821 g/mol. The number of nitrogens with one attached hydrogen (secondary N) is 1. The average molecular weight is 822 g/mol. The van der Waals surface area contributed by atoms with Gasteiger partial charge in [0.05, 0.1) is 31.1 Å². The summed E-state index contributed by atoms with van der Waals surface area (Å²) in [4.78, 5) is 52.0. The summed E-state index contributed by atoms with van der Waals surface area (Å²) in [5, 5.41) is 83.2. The van der Waals surface area contributed by atoms with E-state index in [0.717, 1.165) is 36.4 Å². The zero-order valence-electron chi connectivity index (χ0n) is 30.7. The number of phosphoric acid groups is 1. The summed E-state index contributed by atoms with van der Waals surface area (Å²) < 4.78 is 35.8. The molecule has 0 spiro atoms. The largest absolute Gasteiger partial charge is 0.477 e. The minimum Gasteiger partial charge on any atom is -0.477 e. The van der Waals surface area contributed by atoms with Gasteiger partial charge in [-0.15, -0.1) is 5.10 Å². The molecule has 2 aromatic heterocycles. The number of ether oxygens (including phenoxy) is 2. The number of aliphatic hydroxyl groups excluding tert-OH is 6. The molecule has 0 bridgehead atoms. The molecule has 2 aliphatic rings. The molecule has 23 nitrogen and oxygen atoms in total. The lowest BCUT2D eigenvalue weighted by Crippen LogP contribution is -2.68. The molecular weight excluding hydrogens is 769 g/mol. The number of anilines is 1. The summed E-state index contributed by atoms with van der Waals surface area (Å²) in [5.74, 6) is -6.34. The number of nitrogens with two attached hydrogens (primary N) is 1. The second-order valence-electron chi connectivity index (χ2n) is 13.8. The fourth-order valence-electron chi connectivity index (χ4n) is 6.43. The van der Waals surface area contributed by atoms with Crippen LogP contribution in [-0.4, -0.2) is 145 Å². The molecule has 1 amide bonds. The zero-order chi connectivity index (χ0) is 41.2. The van der Waals surface area contributed by atoms with Gasteiger partial charge in [-0.05, 0) is 18.9 Å². The van der Waals surface area contributed by atoms with Crippen molar-refractivity contribution >= 4 is 25.5 Å². The molecule has 24 heteroatoms. The van der Waals surface area contributed by atoms with E-state index in [2.05, 4.69) is 27.5 Å². The molecule has 11 atom stereocenters. The molecule has 56 heavy (non-hydrogen) atoms. The number of aliphatic carboxylic acids is 1. The number of hydrogen-bond donors (Lipinski definition) is 10. The van der Waals surface area contributed by atoms with Gasteiger partial charge in [-0.1, -0.05) is 57.1 Å². The lowest BCUT2D eigenvalue weighted by molar-refractivity contribution is -0.289. The highest BCUT2D eigenvalue weighted by atomic mass is 31.2. The summed E-state index contributed by atoms with van der Waals surface area (Å²) >= 11 is 0. The van der Waals surface area contributed by atoms with Crippen molar-refractivity contribution in [2.24, 2.45) is 0 Å². The Kier molecular flexibility index (Phi) is 16.4. The molecule has 2 aliphatic heterocycles. The highest BCUT2D eigenvalue weighted by molar-refractivity contribution is 7.47. The maximum absolute atomic E-state index is 13.1. The third kappa shape index (κ3) is 11.8. The Balaban J connectivity index is 1.39. The Morgan fingerprint density at radius 3 is 2.45 bits per heavy atom. The average Bonchev–Trinajstić information content (AvgIpc) is 3.70. The van der Waals surface area contributed by atoms with Gasteiger partial charge in [0.15, 0.2) is 6.23 Å². The Labute approximate surface area is 320 Å². The van der Waals surface area contributed by atoms with Crippen molar-refractivity contribution in [3.8, 4) is 0 Å². The number of hydrogen-bond acceptors (Lipinski definition) is 18. The summed E-state index contributed by atoms with van der Waals surface area (Å²) in [6, 6.07) is -0.473. The van der Waals surface area contributed by atoms with Crippen LogP contribution in [0.4, 0.5) is 5.82 Å². The number of aliphatic hydroxyl groups is 6. The summed E-state index contributed by atoms with van der Waals surface area (Å²) in [7, 11) is -5.60. The van der Waals surface area contributed by atoms with E-state index in [4.69, 9.17) is 24.3 Å². The van der Waals surface area contributed by atoms with Crippen LogP contribution in [0.25, 0.3) is 0 Å². The van der Waals surface area contributed by atoms with Crippen LogP contribution in [0.15, 0.2) is 23.3 Å². The van der Waals surface area contributed by atoms with E-state index in [0.29, 0.717) is 12.1 Å². The van der Waals surface area contributed by atoms with Gasteiger partial charge in [0.25, 0.3) is 5.79 Å². The van der Waals surface area contributed by atoms with Gasteiger partial charge in [0.1, 0.15) is 49.0 Å². The topological polar surface area (TPSA) is 354 Å². The Morgan fingerprint density at radius 2 is 1.80 bits per heavy atom. The van der Waals surface area contributed by atoms with Crippen molar-refractivity contribution in [3.63, 3.8) is 0 Å². The lowest BCUT2D eigenvalue weighted by Gasteiger charge is -2.46. The van der Waals surface area contributed by atoms with Crippen molar-refractivity contribution in [3.05, 3.63) is 34.6 Å². The summed E-state index contributed by atoms with van der Waals surface area (Å²) in [6.07, 6.45) is -3.90.